The highest BCUT2D eigenvalue weighted by Crippen LogP contribution is 2.54. The van der Waals surface area contributed by atoms with Crippen molar-refractivity contribution >= 4 is 34.7 Å². The third-order valence-corrected chi connectivity index (χ3v) is 10.2. The molecule has 1 fully saturated rings. The average molecular weight is 661 g/mol. The number of carbonyl (C=O) groups excluding carboxylic acids is 4. The van der Waals surface area contributed by atoms with Crippen LogP contribution in [-0.2, 0) is 38.4 Å². The molecule has 12 heteroatoms. The van der Waals surface area contributed by atoms with E-state index in [-0.39, 0.29) is 48.4 Å². The topological polar surface area (TPSA) is 185 Å². The summed E-state index contributed by atoms with van der Waals surface area (Å²) >= 11 is 0. The fourth-order valence-corrected chi connectivity index (χ4v) is 7.78. The number of Topliss-reactive ketones (excluding diaryl/α,β-unsaturated/α-hetero) is 3. The number of aliphatic hydroxyl groups excluding tert-OH is 2. The summed E-state index contributed by atoms with van der Waals surface area (Å²) in [5.41, 5.74) is 4.28. The first-order valence-electron chi connectivity index (χ1n) is 15.9. The number of aromatic hydroxyl groups is 1. The fraction of sp³-hybridized carbons (Fsp3) is 0.444. The summed E-state index contributed by atoms with van der Waals surface area (Å²) in [5, 5.41) is 46.4. The number of carbonyl (C=O) groups is 4. The average Bonchev–Trinajstić information content (AvgIpc) is 3.01. The number of nitrogens with zero attached hydrogens (tertiary/aromatic N) is 3. The van der Waals surface area contributed by atoms with Crippen molar-refractivity contribution in [1.29, 1.82) is 0 Å². The largest absolute Gasteiger partial charge is 0.508 e. The number of phenolic OH excluding ortho intramolecular Hbond substituents is 1. The van der Waals surface area contributed by atoms with E-state index in [1.165, 1.54) is 4.90 Å². The predicted molar refractivity (Wildman–Crippen MR) is 180 cm³/mol. The maximum Gasteiger partial charge on any atom is 0.255 e. The number of primary amides is 1. The van der Waals surface area contributed by atoms with Crippen molar-refractivity contribution in [2.24, 2.45) is 17.6 Å². The lowest BCUT2D eigenvalue weighted by molar-refractivity contribution is -0.153. The van der Waals surface area contributed by atoms with Crippen LogP contribution < -0.4 is 10.6 Å². The smallest absolute Gasteiger partial charge is 0.255 e. The third-order valence-electron chi connectivity index (χ3n) is 10.2. The van der Waals surface area contributed by atoms with Crippen LogP contribution in [0, 0.1) is 11.8 Å². The Hall–Kier alpha value is -4.52. The van der Waals surface area contributed by atoms with Gasteiger partial charge in [-0.3, -0.25) is 29.0 Å². The van der Waals surface area contributed by atoms with Gasteiger partial charge in [-0.25, -0.2) is 0 Å². The lowest BCUT2D eigenvalue weighted by atomic mass is 9.57. The normalized spacial score (nSPS) is 24.4. The predicted octanol–water partition coefficient (Wildman–Crippen LogP) is 1.70. The zero-order chi connectivity index (χ0) is 35.4. The van der Waals surface area contributed by atoms with Gasteiger partial charge in [-0.15, -0.1) is 0 Å². The number of amides is 1. The molecule has 3 aliphatic carbocycles. The number of phenols is 1. The minimum Gasteiger partial charge on any atom is -0.508 e. The molecule has 0 aliphatic heterocycles. The molecule has 48 heavy (non-hydrogen) atoms. The van der Waals surface area contributed by atoms with Crippen LogP contribution in [0.25, 0.3) is 5.76 Å². The summed E-state index contributed by atoms with van der Waals surface area (Å²) < 4.78 is 0. The van der Waals surface area contributed by atoms with Crippen LogP contribution in [0.3, 0.4) is 0 Å². The van der Waals surface area contributed by atoms with Crippen molar-refractivity contribution in [3.63, 3.8) is 0 Å². The SMILES string of the molecule is CN(C)c1cc(CCC(=O)C(Cc2ccccc2)N(C)C)c(O)c2c1C[C@H]1C[C@H]3[C@@H](N(C)C)C(=O)C(C(N)=O)=C(O)[C@@]3(O)C(=O)C1=C2O. The Bertz CT molecular complexity index is 1750. The van der Waals surface area contributed by atoms with Crippen molar-refractivity contribution < 1.29 is 39.6 Å². The number of nitrogens with two attached hydrogens (primary N) is 1. The zero-order valence-electron chi connectivity index (χ0n) is 28.1. The van der Waals surface area contributed by atoms with E-state index in [4.69, 9.17) is 5.73 Å². The molecule has 1 saturated carbocycles. The number of hydrogen-bond donors (Lipinski definition) is 5. The Balaban J connectivity index is 1.56. The van der Waals surface area contributed by atoms with Gasteiger partial charge in [0.15, 0.2) is 17.2 Å². The molecule has 256 valence electrons. The minimum atomic E-state index is -2.71. The second-order valence-electron chi connectivity index (χ2n) is 13.7. The van der Waals surface area contributed by atoms with Crippen LogP contribution in [0.5, 0.6) is 5.75 Å². The summed E-state index contributed by atoms with van der Waals surface area (Å²) in [6.07, 6.45) is 0.953. The van der Waals surface area contributed by atoms with E-state index >= 15 is 0 Å². The first kappa shape index (κ1) is 34.8. The minimum absolute atomic E-state index is 0.00296. The van der Waals surface area contributed by atoms with Crippen LogP contribution >= 0.6 is 0 Å². The Labute approximate surface area is 279 Å². The van der Waals surface area contributed by atoms with Gasteiger partial charge in [0.25, 0.3) is 5.91 Å². The maximum atomic E-state index is 14.2. The number of anilines is 1. The van der Waals surface area contributed by atoms with Gasteiger partial charge in [0, 0.05) is 37.7 Å². The molecular weight excluding hydrogens is 616 g/mol. The van der Waals surface area contributed by atoms with Crippen LogP contribution in [0.1, 0.15) is 35.1 Å². The number of likely N-dealkylation sites (N-methyl/N-ethyl adjacent to an activating group) is 2. The molecule has 0 aromatic heterocycles. The van der Waals surface area contributed by atoms with Crippen LogP contribution in [0.4, 0.5) is 5.69 Å². The molecule has 0 bridgehead atoms. The van der Waals surface area contributed by atoms with Crippen molar-refractivity contribution in [1.82, 2.24) is 9.80 Å². The van der Waals surface area contributed by atoms with Gasteiger partial charge in [0.2, 0.25) is 5.78 Å². The Morgan fingerprint density at radius 3 is 2.23 bits per heavy atom. The number of aliphatic hydroxyl groups is 3. The summed E-state index contributed by atoms with van der Waals surface area (Å²) in [7, 11) is 10.4. The van der Waals surface area contributed by atoms with E-state index in [0.717, 1.165) is 5.56 Å². The van der Waals surface area contributed by atoms with Crippen LogP contribution in [-0.4, -0.2) is 113 Å². The maximum absolute atomic E-state index is 14.2. The lowest BCUT2D eigenvalue weighted by Gasteiger charge is -2.50. The summed E-state index contributed by atoms with van der Waals surface area (Å²) in [6, 6.07) is 9.91. The van der Waals surface area contributed by atoms with E-state index in [1.54, 1.807) is 34.3 Å². The number of fused-ring (bicyclic) bond motifs is 3. The first-order valence-corrected chi connectivity index (χ1v) is 15.9. The molecule has 3 aliphatic rings. The number of hydrogen-bond acceptors (Lipinski definition) is 11. The number of aryl methyl sites for hydroxylation is 1. The Morgan fingerprint density at radius 2 is 1.67 bits per heavy atom. The second kappa shape index (κ2) is 12.8. The van der Waals surface area contributed by atoms with E-state index in [2.05, 4.69) is 0 Å². The summed E-state index contributed by atoms with van der Waals surface area (Å²) in [5.74, 6) is -7.00. The molecule has 1 unspecified atom stereocenters. The molecule has 2 aromatic carbocycles. The van der Waals surface area contributed by atoms with E-state index in [0.29, 0.717) is 23.2 Å². The molecule has 5 atom stereocenters. The Kier molecular flexibility index (Phi) is 9.30. The van der Waals surface area contributed by atoms with E-state index in [1.807, 2.05) is 54.2 Å². The second-order valence-corrected chi connectivity index (χ2v) is 13.7. The molecule has 0 spiro atoms. The monoisotopic (exact) mass is 660 g/mol. The van der Waals surface area contributed by atoms with Gasteiger partial charge < -0.3 is 31.1 Å². The zero-order valence-corrected chi connectivity index (χ0v) is 28.1. The molecule has 0 saturated heterocycles. The summed E-state index contributed by atoms with van der Waals surface area (Å²) in [6.45, 7) is 0. The van der Waals surface area contributed by atoms with Crippen molar-refractivity contribution in [3.8, 4) is 5.75 Å². The first-order chi connectivity index (χ1) is 22.5. The molecule has 6 N–H and O–H groups in total. The molecule has 12 nitrogen and oxygen atoms in total. The van der Waals surface area contributed by atoms with Gasteiger partial charge >= 0.3 is 0 Å². The third kappa shape index (κ3) is 5.57. The Morgan fingerprint density at radius 1 is 1.02 bits per heavy atom. The van der Waals surface area contributed by atoms with Gasteiger partial charge in [-0.2, -0.15) is 0 Å². The molecule has 1 amide bonds. The molecular formula is C36H44N4O8. The van der Waals surface area contributed by atoms with E-state index in [9.17, 15) is 39.6 Å². The highest BCUT2D eigenvalue weighted by atomic mass is 16.3. The molecule has 0 heterocycles. The van der Waals surface area contributed by atoms with Gasteiger partial charge in [-0.05, 0) is 82.5 Å². The van der Waals surface area contributed by atoms with E-state index < -0.39 is 64.1 Å². The van der Waals surface area contributed by atoms with Crippen molar-refractivity contribution in [3.05, 3.63) is 75.6 Å². The molecule has 2 aromatic rings. The van der Waals surface area contributed by atoms with Gasteiger partial charge in [0.05, 0.1) is 17.6 Å². The molecule has 5 rings (SSSR count). The van der Waals surface area contributed by atoms with Crippen LogP contribution in [0.15, 0.2) is 53.3 Å². The number of rotatable bonds is 10. The van der Waals surface area contributed by atoms with Crippen molar-refractivity contribution in [2.75, 3.05) is 47.2 Å². The van der Waals surface area contributed by atoms with Gasteiger partial charge in [-0.1, -0.05) is 30.3 Å². The highest BCUT2D eigenvalue weighted by Gasteiger charge is 2.64. The van der Waals surface area contributed by atoms with Crippen molar-refractivity contribution in [2.45, 2.75) is 49.8 Å². The summed E-state index contributed by atoms with van der Waals surface area (Å²) in [4.78, 5) is 58.5. The quantitative estimate of drug-likeness (QED) is 0.234. The lowest BCUT2D eigenvalue weighted by Crippen LogP contribution is -2.65. The number of benzene rings is 2. The van der Waals surface area contributed by atoms with Crippen LogP contribution in [0.2, 0.25) is 0 Å². The van der Waals surface area contributed by atoms with Gasteiger partial charge in [0.1, 0.15) is 22.8 Å². The molecule has 0 radical (unpaired) electrons. The number of ketones is 3. The standard InChI is InChI=1S/C36H44N4O8/c1-38(2)23-17-19(12-13-25(41)24(39(3)4)14-18-10-8-7-9-11-18)30(42)27-21(23)15-20-16-22-29(40(5)6)32(44)28(35(37)47)34(46)36(22,48)33(45)26(20)31(27)43/h7-11,17,20,22,24,29,42-43,46,48H,12-16H2,1-6H3,(H2,37,47)/t20-,22-,24?,29+,36-/m0/s1. The highest BCUT2D eigenvalue weighted by molar-refractivity contribution is 6.24. The fourth-order valence-electron chi connectivity index (χ4n) is 7.78.